The van der Waals surface area contributed by atoms with Crippen LogP contribution in [0.15, 0.2) is 24.3 Å². The van der Waals surface area contributed by atoms with E-state index in [1.54, 1.807) is 12.1 Å². The molecule has 1 fully saturated rings. The summed E-state index contributed by atoms with van der Waals surface area (Å²) >= 11 is 0. The molecule has 2 aliphatic heterocycles. The molecular weight excluding hydrogens is 468 g/mol. The summed E-state index contributed by atoms with van der Waals surface area (Å²) in [7, 11) is 0. The Labute approximate surface area is 199 Å². The number of amides is 3. The Morgan fingerprint density at radius 1 is 0.886 bits per heavy atom. The first-order valence-corrected chi connectivity index (χ1v) is 10.5. The Kier molecular flexibility index (Phi) is 7.82. The van der Waals surface area contributed by atoms with Crippen molar-refractivity contribution in [2.75, 3.05) is 6.61 Å². The molecule has 0 unspecified atom stereocenters. The van der Waals surface area contributed by atoms with Crippen LogP contribution in [0, 0.1) is 0 Å². The second-order valence-corrected chi connectivity index (χ2v) is 7.78. The SMILES string of the molecule is CC(=O)N[C@H]1[C@@H](ON2C(=O)c3ccccc3C2=O)O[C@H](COC(C)=O)[C@H](OC(C)=O)[C@@H]1OC(C)=O. The van der Waals surface area contributed by atoms with Gasteiger partial charge in [-0.05, 0) is 12.1 Å². The molecule has 188 valence electrons. The van der Waals surface area contributed by atoms with Crippen molar-refractivity contribution in [2.24, 2.45) is 0 Å². The first-order valence-electron chi connectivity index (χ1n) is 10.5. The van der Waals surface area contributed by atoms with Gasteiger partial charge in [0.2, 0.25) is 12.2 Å². The van der Waals surface area contributed by atoms with E-state index >= 15 is 0 Å². The highest BCUT2D eigenvalue weighted by Gasteiger charge is 2.53. The van der Waals surface area contributed by atoms with E-state index in [-0.39, 0.29) is 11.1 Å². The van der Waals surface area contributed by atoms with Gasteiger partial charge >= 0.3 is 17.9 Å². The van der Waals surface area contributed by atoms with Gasteiger partial charge in [-0.15, -0.1) is 5.06 Å². The number of nitrogens with zero attached hydrogens (tertiary/aromatic N) is 1. The lowest BCUT2D eigenvalue weighted by atomic mass is 9.96. The van der Waals surface area contributed by atoms with E-state index < -0.39 is 72.9 Å². The molecule has 2 heterocycles. The minimum Gasteiger partial charge on any atom is -0.463 e. The summed E-state index contributed by atoms with van der Waals surface area (Å²) in [5.74, 6) is -4.41. The molecule has 5 atom stereocenters. The lowest BCUT2D eigenvalue weighted by molar-refractivity contribution is -0.315. The molecule has 3 amide bonds. The van der Waals surface area contributed by atoms with Gasteiger partial charge in [-0.25, -0.2) is 4.84 Å². The third kappa shape index (κ3) is 5.81. The van der Waals surface area contributed by atoms with Crippen LogP contribution in [-0.2, 0) is 43.0 Å². The Morgan fingerprint density at radius 2 is 1.43 bits per heavy atom. The van der Waals surface area contributed by atoms with Crippen molar-refractivity contribution in [3.05, 3.63) is 35.4 Å². The molecule has 0 spiro atoms. The summed E-state index contributed by atoms with van der Waals surface area (Å²) < 4.78 is 21.4. The van der Waals surface area contributed by atoms with Gasteiger partial charge in [0.1, 0.15) is 18.8 Å². The van der Waals surface area contributed by atoms with E-state index in [0.717, 1.165) is 27.7 Å². The third-order valence-electron chi connectivity index (χ3n) is 5.04. The Hall–Kier alpha value is -3.84. The number of ether oxygens (including phenoxy) is 4. The standard InChI is InChI=1S/C22H24N2O11/c1-10(25)23-17-19(33-13(4)28)18(32-12(3)27)16(9-31-11(2)26)34-22(17)35-24-20(29)14-7-5-6-8-15(14)21(24)30/h5-8,16-19,22H,9H2,1-4H3,(H,23,25)/t16-,17-,18+,19-,22-/m1/s1. The molecule has 1 aromatic carbocycles. The molecule has 0 radical (unpaired) electrons. The minimum atomic E-state index is -1.60. The van der Waals surface area contributed by atoms with Crippen molar-refractivity contribution in [1.82, 2.24) is 10.4 Å². The fourth-order valence-electron chi connectivity index (χ4n) is 3.75. The number of carbonyl (C=O) groups excluding carboxylic acids is 6. The molecule has 0 aliphatic carbocycles. The normalized spacial score (nSPS) is 25.5. The largest absolute Gasteiger partial charge is 0.463 e. The zero-order valence-corrected chi connectivity index (χ0v) is 19.3. The van der Waals surface area contributed by atoms with Crippen molar-refractivity contribution in [3.63, 3.8) is 0 Å². The molecule has 1 aromatic rings. The van der Waals surface area contributed by atoms with Gasteiger partial charge in [-0.1, -0.05) is 12.1 Å². The lowest BCUT2D eigenvalue weighted by Gasteiger charge is -2.45. The quantitative estimate of drug-likeness (QED) is 0.306. The highest BCUT2D eigenvalue weighted by molar-refractivity contribution is 6.20. The maximum absolute atomic E-state index is 12.8. The van der Waals surface area contributed by atoms with Crippen molar-refractivity contribution in [1.29, 1.82) is 0 Å². The molecule has 13 nitrogen and oxygen atoms in total. The lowest BCUT2D eigenvalue weighted by Crippen LogP contribution is -2.67. The van der Waals surface area contributed by atoms with E-state index in [0.29, 0.717) is 5.06 Å². The first-order chi connectivity index (χ1) is 16.5. The number of rotatable bonds is 7. The van der Waals surface area contributed by atoms with Crippen LogP contribution in [0.3, 0.4) is 0 Å². The number of carbonyl (C=O) groups is 6. The van der Waals surface area contributed by atoms with Crippen LogP contribution in [0.25, 0.3) is 0 Å². The maximum Gasteiger partial charge on any atom is 0.303 e. The molecule has 35 heavy (non-hydrogen) atoms. The first kappa shape index (κ1) is 25.8. The van der Waals surface area contributed by atoms with Crippen molar-refractivity contribution < 1.29 is 52.6 Å². The predicted octanol–water partition coefficient (Wildman–Crippen LogP) is -0.130. The van der Waals surface area contributed by atoms with E-state index in [1.165, 1.54) is 12.1 Å². The van der Waals surface area contributed by atoms with Gasteiger partial charge in [-0.3, -0.25) is 28.8 Å². The topological polar surface area (TPSA) is 164 Å². The van der Waals surface area contributed by atoms with E-state index in [9.17, 15) is 28.8 Å². The molecule has 0 saturated carbocycles. The molecule has 13 heteroatoms. The number of imide groups is 1. The Morgan fingerprint density at radius 3 is 1.91 bits per heavy atom. The van der Waals surface area contributed by atoms with Crippen molar-refractivity contribution >= 4 is 35.6 Å². The van der Waals surface area contributed by atoms with Crippen LogP contribution in [0.2, 0.25) is 0 Å². The molecule has 3 rings (SSSR count). The molecule has 1 saturated heterocycles. The summed E-state index contributed by atoms with van der Waals surface area (Å²) in [6.07, 6.45) is -5.58. The number of esters is 3. The number of benzene rings is 1. The van der Waals surface area contributed by atoms with E-state index in [4.69, 9.17) is 23.8 Å². The van der Waals surface area contributed by atoms with Crippen LogP contribution in [0.1, 0.15) is 48.4 Å². The Bertz CT molecular complexity index is 1020. The number of hydrogen-bond acceptors (Lipinski definition) is 11. The van der Waals surface area contributed by atoms with Crippen LogP contribution < -0.4 is 5.32 Å². The Balaban J connectivity index is 1.98. The van der Waals surface area contributed by atoms with Crippen LogP contribution in [0.4, 0.5) is 0 Å². The van der Waals surface area contributed by atoms with E-state index in [1.807, 2.05) is 0 Å². The zero-order chi connectivity index (χ0) is 25.9. The number of hydrogen-bond donors (Lipinski definition) is 1. The molecule has 1 N–H and O–H groups in total. The van der Waals surface area contributed by atoms with Gasteiger partial charge in [-0.2, -0.15) is 0 Å². The maximum atomic E-state index is 12.8. The van der Waals surface area contributed by atoms with Gasteiger partial charge in [0.25, 0.3) is 11.8 Å². The summed E-state index contributed by atoms with van der Waals surface area (Å²) in [5.41, 5.74) is 0.186. The molecule has 2 aliphatic rings. The van der Waals surface area contributed by atoms with Crippen LogP contribution in [-0.4, -0.2) is 77.9 Å². The zero-order valence-electron chi connectivity index (χ0n) is 19.3. The summed E-state index contributed by atoms with van der Waals surface area (Å²) in [6.45, 7) is 4.03. The van der Waals surface area contributed by atoms with Crippen LogP contribution in [0.5, 0.6) is 0 Å². The smallest absolute Gasteiger partial charge is 0.303 e. The predicted molar refractivity (Wildman–Crippen MR) is 112 cm³/mol. The highest BCUT2D eigenvalue weighted by atomic mass is 16.8. The monoisotopic (exact) mass is 492 g/mol. The van der Waals surface area contributed by atoms with Gasteiger partial charge < -0.3 is 24.3 Å². The summed E-state index contributed by atoms with van der Waals surface area (Å²) in [5, 5.41) is 2.95. The highest BCUT2D eigenvalue weighted by Crippen LogP contribution is 2.31. The van der Waals surface area contributed by atoms with Crippen molar-refractivity contribution in [3.8, 4) is 0 Å². The summed E-state index contributed by atoms with van der Waals surface area (Å²) in [4.78, 5) is 78.2. The third-order valence-corrected chi connectivity index (χ3v) is 5.04. The fourth-order valence-corrected chi connectivity index (χ4v) is 3.75. The van der Waals surface area contributed by atoms with E-state index in [2.05, 4.69) is 5.32 Å². The average molecular weight is 492 g/mol. The minimum absolute atomic E-state index is 0.0928. The van der Waals surface area contributed by atoms with Gasteiger partial charge in [0, 0.05) is 27.7 Å². The molecule has 0 aromatic heterocycles. The summed E-state index contributed by atoms with van der Waals surface area (Å²) in [6, 6.07) is 4.68. The second-order valence-electron chi connectivity index (χ2n) is 7.78. The fraction of sp³-hybridized carbons (Fsp3) is 0.455. The van der Waals surface area contributed by atoms with Crippen LogP contribution >= 0.6 is 0 Å². The second kappa shape index (κ2) is 10.6. The van der Waals surface area contributed by atoms with Gasteiger partial charge in [0.05, 0.1) is 11.1 Å². The van der Waals surface area contributed by atoms with Crippen molar-refractivity contribution in [2.45, 2.75) is 58.3 Å². The van der Waals surface area contributed by atoms with Gasteiger partial charge in [0.15, 0.2) is 12.2 Å². The number of hydroxylamine groups is 2. The average Bonchev–Trinajstić information content (AvgIpc) is 3.00. The molecule has 0 bridgehead atoms. The number of fused-ring (bicyclic) bond motifs is 1. The number of nitrogens with one attached hydrogen (secondary N) is 1. The molecular formula is C22H24N2O11.